The van der Waals surface area contributed by atoms with Crippen molar-refractivity contribution in [3.63, 3.8) is 0 Å². The molecule has 3 rings (SSSR count). The summed E-state index contributed by atoms with van der Waals surface area (Å²) < 4.78 is 5.07. The first kappa shape index (κ1) is 13.3. The summed E-state index contributed by atoms with van der Waals surface area (Å²) in [4.78, 5) is 31.4. The Kier molecular flexibility index (Phi) is 3.63. The van der Waals surface area contributed by atoms with Crippen molar-refractivity contribution in [1.29, 1.82) is 0 Å². The number of amides is 2. The van der Waals surface area contributed by atoms with E-state index < -0.39 is 0 Å². The van der Waals surface area contributed by atoms with Crippen molar-refractivity contribution in [2.24, 2.45) is 5.92 Å². The van der Waals surface area contributed by atoms with Gasteiger partial charge in [0.2, 0.25) is 5.91 Å². The van der Waals surface area contributed by atoms with Gasteiger partial charge in [0.15, 0.2) is 5.69 Å². The number of hydrogen-bond donors (Lipinski definition) is 2. The van der Waals surface area contributed by atoms with Gasteiger partial charge in [-0.25, -0.2) is 0 Å². The minimum Gasteiger partial charge on any atom is -0.431 e. The topological polar surface area (TPSA) is 97.1 Å². The normalized spacial score (nSPS) is 13.7. The molecule has 0 atom stereocenters. The van der Waals surface area contributed by atoms with Crippen molar-refractivity contribution in [2.45, 2.75) is 19.4 Å². The Hall–Kier alpha value is -2.70. The number of carbonyl (C=O) groups is 2. The van der Waals surface area contributed by atoms with E-state index in [4.69, 9.17) is 4.42 Å². The summed E-state index contributed by atoms with van der Waals surface area (Å²) >= 11 is 0. The van der Waals surface area contributed by atoms with E-state index in [2.05, 4.69) is 20.6 Å². The molecule has 2 aromatic rings. The molecule has 0 bridgehead atoms. The Morgan fingerprint density at radius 2 is 2.24 bits per heavy atom. The van der Waals surface area contributed by atoms with Crippen molar-refractivity contribution in [3.8, 4) is 0 Å². The first-order chi connectivity index (χ1) is 10.2. The SMILES string of the molecule is O=C(NCc1cccnc1)c1coc(NC(=O)C2CC2)n1. The molecule has 2 heterocycles. The van der Waals surface area contributed by atoms with E-state index in [1.54, 1.807) is 18.5 Å². The third-order valence-electron chi connectivity index (χ3n) is 3.09. The van der Waals surface area contributed by atoms with Gasteiger partial charge >= 0.3 is 6.01 Å². The summed E-state index contributed by atoms with van der Waals surface area (Å²) in [5.74, 6) is -0.423. The summed E-state index contributed by atoms with van der Waals surface area (Å²) in [7, 11) is 0. The van der Waals surface area contributed by atoms with E-state index in [0.717, 1.165) is 18.4 Å². The van der Waals surface area contributed by atoms with Gasteiger partial charge in [-0.05, 0) is 24.5 Å². The van der Waals surface area contributed by atoms with Gasteiger partial charge in [-0.2, -0.15) is 4.98 Å². The van der Waals surface area contributed by atoms with Crippen LogP contribution in [0.3, 0.4) is 0 Å². The van der Waals surface area contributed by atoms with Crippen LogP contribution in [-0.4, -0.2) is 21.8 Å². The monoisotopic (exact) mass is 286 g/mol. The van der Waals surface area contributed by atoms with Gasteiger partial charge in [-0.3, -0.25) is 19.9 Å². The molecule has 0 radical (unpaired) electrons. The highest BCUT2D eigenvalue weighted by Gasteiger charge is 2.30. The van der Waals surface area contributed by atoms with E-state index in [0.29, 0.717) is 6.54 Å². The van der Waals surface area contributed by atoms with Gasteiger partial charge in [0.05, 0.1) is 0 Å². The number of nitrogens with zero attached hydrogens (tertiary/aromatic N) is 2. The summed E-state index contributed by atoms with van der Waals surface area (Å²) in [6.45, 7) is 0.350. The zero-order chi connectivity index (χ0) is 14.7. The number of anilines is 1. The fourth-order valence-electron chi connectivity index (χ4n) is 1.76. The van der Waals surface area contributed by atoms with Gasteiger partial charge in [0.25, 0.3) is 5.91 Å². The summed E-state index contributed by atoms with van der Waals surface area (Å²) in [5.41, 5.74) is 1.02. The molecule has 0 unspecified atom stereocenters. The van der Waals surface area contributed by atoms with Crippen LogP contribution in [0.5, 0.6) is 0 Å². The number of carbonyl (C=O) groups excluding carboxylic acids is 2. The van der Waals surface area contributed by atoms with Crippen molar-refractivity contribution in [3.05, 3.63) is 42.0 Å². The largest absolute Gasteiger partial charge is 0.431 e. The molecule has 0 aromatic carbocycles. The second-order valence-electron chi connectivity index (χ2n) is 4.85. The third-order valence-corrected chi connectivity index (χ3v) is 3.09. The zero-order valence-corrected chi connectivity index (χ0v) is 11.2. The molecule has 108 valence electrons. The highest BCUT2D eigenvalue weighted by molar-refractivity contribution is 5.94. The zero-order valence-electron chi connectivity index (χ0n) is 11.2. The summed E-state index contributed by atoms with van der Waals surface area (Å²) in [5, 5.41) is 5.25. The van der Waals surface area contributed by atoms with Crippen LogP contribution >= 0.6 is 0 Å². The highest BCUT2D eigenvalue weighted by Crippen LogP contribution is 2.30. The van der Waals surface area contributed by atoms with Gasteiger partial charge in [-0.15, -0.1) is 0 Å². The van der Waals surface area contributed by atoms with Crippen LogP contribution in [0.15, 0.2) is 35.2 Å². The molecule has 1 aliphatic rings. The Morgan fingerprint density at radius 3 is 2.95 bits per heavy atom. The first-order valence-electron chi connectivity index (χ1n) is 6.66. The third kappa shape index (κ3) is 3.44. The molecule has 0 saturated heterocycles. The van der Waals surface area contributed by atoms with Gasteiger partial charge in [-0.1, -0.05) is 6.07 Å². The molecule has 2 aromatic heterocycles. The van der Waals surface area contributed by atoms with Crippen LogP contribution in [-0.2, 0) is 11.3 Å². The lowest BCUT2D eigenvalue weighted by molar-refractivity contribution is -0.117. The van der Waals surface area contributed by atoms with Gasteiger partial charge in [0, 0.05) is 24.9 Å². The fourth-order valence-corrected chi connectivity index (χ4v) is 1.76. The average molecular weight is 286 g/mol. The predicted molar refractivity (Wildman–Crippen MR) is 73.3 cm³/mol. The molecule has 0 aliphatic heterocycles. The number of nitrogens with one attached hydrogen (secondary N) is 2. The molecule has 7 nitrogen and oxygen atoms in total. The molecule has 21 heavy (non-hydrogen) atoms. The molecule has 1 fully saturated rings. The minimum atomic E-state index is -0.366. The Morgan fingerprint density at radius 1 is 1.38 bits per heavy atom. The van der Waals surface area contributed by atoms with Crippen LogP contribution in [0.1, 0.15) is 28.9 Å². The van der Waals surface area contributed by atoms with Gasteiger partial charge in [0.1, 0.15) is 6.26 Å². The first-order valence-corrected chi connectivity index (χ1v) is 6.66. The van der Waals surface area contributed by atoms with Crippen molar-refractivity contribution in [2.75, 3.05) is 5.32 Å². The fraction of sp³-hybridized carbons (Fsp3) is 0.286. The van der Waals surface area contributed by atoms with Crippen LogP contribution in [0.2, 0.25) is 0 Å². The second kappa shape index (κ2) is 5.74. The Labute approximate surface area is 120 Å². The highest BCUT2D eigenvalue weighted by atomic mass is 16.4. The van der Waals surface area contributed by atoms with E-state index >= 15 is 0 Å². The molecule has 2 N–H and O–H groups in total. The van der Waals surface area contributed by atoms with Crippen LogP contribution < -0.4 is 10.6 Å². The number of hydrogen-bond acceptors (Lipinski definition) is 5. The van der Waals surface area contributed by atoms with Crippen LogP contribution in [0, 0.1) is 5.92 Å². The number of oxazole rings is 1. The van der Waals surface area contributed by atoms with Crippen molar-refractivity contribution >= 4 is 17.8 Å². The van der Waals surface area contributed by atoms with E-state index in [1.165, 1.54) is 6.26 Å². The van der Waals surface area contributed by atoms with E-state index in [-0.39, 0.29) is 29.4 Å². The van der Waals surface area contributed by atoms with E-state index in [9.17, 15) is 9.59 Å². The maximum Gasteiger partial charge on any atom is 0.302 e. The Balaban J connectivity index is 1.55. The smallest absolute Gasteiger partial charge is 0.302 e. The number of aromatic nitrogens is 2. The Bertz CT molecular complexity index is 649. The van der Waals surface area contributed by atoms with Crippen LogP contribution in [0.4, 0.5) is 6.01 Å². The summed E-state index contributed by atoms with van der Waals surface area (Å²) in [6, 6.07) is 3.71. The van der Waals surface area contributed by atoms with Crippen molar-refractivity contribution < 1.29 is 14.0 Å². The van der Waals surface area contributed by atoms with E-state index in [1.807, 2.05) is 6.07 Å². The molecule has 1 aliphatic carbocycles. The molecule has 0 spiro atoms. The second-order valence-corrected chi connectivity index (χ2v) is 4.85. The maximum atomic E-state index is 11.9. The summed E-state index contributed by atoms with van der Waals surface area (Å²) in [6.07, 6.45) is 6.35. The molecular formula is C14H14N4O3. The number of rotatable bonds is 5. The van der Waals surface area contributed by atoms with Gasteiger partial charge < -0.3 is 9.73 Å². The van der Waals surface area contributed by atoms with Crippen molar-refractivity contribution in [1.82, 2.24) is 15.3 Å². The number of pyridine rings is 1. The maximum absolute atomic E-state index is 11.9. The lowest BCUT2D eigenvalue weighted by atomic mass is 10.3. The quantitative estimate of drug-likeness (QED) is 0.864. The average Bonchev–Trinajstić information content (AvgIpc) is 3.26. The molecule has 2 amide bonds. The molecule has 7 heteroatoms. The minimum absolute atomic E-state index is 0.0541. The molecule has 1 saturated carbocycles. The lowest BCUT2D eigenvalue weighted by Gasteiger charge is -2.01. The standard InChI is InChI=1S/C14H14N4O3/c19-12(10-3-4-10)18-14-17-11(8-21-14)13(20)16-7-9-2-1-5-15-6-9/h1-2,5-6,8,10H,3-4,7H2,(H,16,20)(H,17,18,19). The predicted octanol–water partition coefficient (Wildman–Crippen LogP) is 1.35. The lowest BCUT2D eigenvalue weighted by Crippen LogP contribution is -2.23. The van der Waals surface area contributed by atoms with Crippen LogP contribution in [0.25, 0.3) is 0 Å². The molecular weight excluding hydrogens is 272 g/mol.